The van der Waals surface area contributed by atoms with Crippen molar-refractivity contribution in [2.75, 3.05) is 12.1 Å². The van der Waals surface area contributed by atoms with Crippen LogP contribution in [0.5, 0.6) is 5.75 Å². The van der Waals surface area contributed by atoms with Crippen LogP contribution in [0.3, 0.4) is 0 Å². The van der Waals surface area contributed by atoms with Gasteiger partial charge >= 0.3 is 0 Å². The van der Waals surface area contributed by atoms with E-state index in [0.29, 0.717) is 12.4 Å². The molecule has 0 unspecified atom stereocenters. The third-order valence-corrected chi connectivity index (χ3v) is 6.92. The summed E-state index contributed by atoms with van der Waals surface area (Å²) < 4.78 is 5.32. The molecule has 6 rings (SSSR count). The Morgan fingerprint density at radius 1 is 0.897 bits per heavy atom. The summed E-state index contributed by atoms with van der Waals surface area (Å²) in [7, 11) is 1.63. The zero-order valence-corrected chi connectivity index (χ0v) is 21.5. The number of para-hydroxylation sites is 1. The maximum Gasteiger partial charge on any atom is 0.269 e. The van der Waals surface area contributed by atoms with Crippen LogP contribution in [0.25, 0.3) is 22.2 Å². The molecule has 39 heavy (non-hydrogen) atoms. The van der Waals surface area contributed by atoms with Crippen LogP contribution in [0.15, 0.2) is 102 Å². The number of aryl methyl sites for hydroxylation is 1. The largest absolute Gasteiger partial charge is 0.497 e. The van der Waals surface area contributed by atoms with E-state index in [1.165, 1.54) is 6.07 Å². The van der Waals surface area contributed by atoms with E-state index < -0.39 is 0 Å². The Hall–Kier alpha value is -5.11. The normalized spacial score (nSPS) is 14.9. The summed E-state index contributed by atoms with van der Waals surface area (Å²) in [6, 6.07) is 30.2. The molecule has 1 aliphatic rings. The van der Waals surface area contributed by atoms with Crippen molar-refractivity contribution < 1.29 is 9.66 Å². The van der Waals surface area contributed by atoms with Crippen LogP contribution in [0.1, 0.15) is 29.2 Å². The number of methoxy groups -OCH3 is 1. The summed E-state index contributed by atoms with van der Waals surface area (Å²) >= 11 is 0. The van der Waals surface area contributed by atoms with Crippen LogP contribution < -0.4 is 9.75 Å². The lowest BCUT2D eigenvalue weighted by Crippen LogP contribution is -2.21. The molecule has 0 spiro atoms. The number of ether oxygens (including phenoxy) is 1. The van der Waals surface area contributed by atoms with Crippen LogP contribution in [0, 0.1) is 17.0 Å². The predicted octanol–water partition coefficient (Wildman–Crippen LogP) is 6.88. The molecule has 192 valence electrons. The van der Waals surface area contributed by atoms with Crippen LogP contribution in [-0.4, -0.2) is 27.7 Å². The quantitative estimate of drug-likeness (QED) is 0.181. The number of nitro benzene ring substituents is 1. The molecule has 0 bridgehead atoms. The van der Waals surface area contributed by atoms with Gasteiger partial charge in [-0.1, -0.05) is 60.2 Å². The number of benzene rings is 4. The number of anilines is 1. The van der Waals surface area contributed by atoms with Gasteiger partial charge < -0.3 is 4.74 Å². The second-order valence-electron chi connectivity index (χ2n) is 9.45. The average molecular weight is 516 g/mol. The molecule has 0 radical (unpaired) electrons. The summed E-state index contributed by atoms with van der Waals surface area (Å²) in [6.45, 7) is 2.05. The highest BCUT2D eigenvalue weighted by molar-refractivity contribution is 6.03. The van der Waals surface area contributed by atoms with Gasteiger partial charge in [0.2, 0.25) is 5.95 Å². The van der Waals surface area contributed by atoms with E-state index in [1.54, 1.807) is 24.3 Å². The molecule has 1 atom stereocenters. The van der Waals surface area contributed by atoms with E-state index in [2.05, 4.69) is 31.2 Å². The fourth-order valence-corrected chi connectivity index (χ4v) is 4.86. The summed E-state index contributed by atoms with van der Waals surface area (Å²) in [5, 5.41) is 19.3. The number of non-ortho nitro benzene ring substituents is 1. The number of rotatable bonds is 6. The first-order chi connectivity index (χ1) is 19.0. The molecule has 0 N–H and O–H groups in total. The van der Waals surface area contributed by atoms with Crippen molar-refractivity contribution in [3.05, 3.63) is 124 Å². The SMILES string of the molecule is COc1ccc(C2=NN(c3nc(-c4ccc(C)cc4)c4ccccc4n3)[C@H](c3cccc([N+](=O)[O-])c3)C2)cc1. The molecule has 0 amide bonds. The summed E-state index contributed by atoms with van der Waals surface area (Å²) in [5.74, 6) is 1.19. The number of fused-ring (bicyclic) bond motifs is 1. The van der Waals surface area contributed by atoms with Crippen LogP contribution >= 0.6 is 0 Å². The maximum atomic E-state index is 11.6. The molecule has 0 saturated carbocycles. The highest BCUT2D eigenvalue weighted by Gasteiger charge is 2.33. The molecular formula is C31H25N5O3. The third-order valence-electron chi connectivity index (χ3n) is 6.92. The number of nitro groups is 1. The molecule has 0 aliphatic carbocycles. The van der Waals surface area contributed by atoms with Gasteiger partial charge in [0, 0.05) is 29.5 Å². The van der Waals surface area contributed by atoms with Gasteiger partial charge in [0.25, 0.3) is 5.69 Å². The minimum Gasteiger partial charge on any atom is -0.497 e. The van der Waals surface area contributed by atoms with Crippen molar-refractivity contribution in [2.45, 2.75) is 19.4 Å². The molecule has 2 heterocycles. The van der Waals surface area contributed by atoms with Crippen LogP contribution in [0.2, 0.25) is 0 Å². The predicted molar refractivity (Wildman–Crippen MR) is 152 cm³/mol. The second-order valence-corrected chi connectivity index (χ2v) is 9.45. The van der Waals surface area contributed by atoms with Crippen LogP contribution in [0.4, 0.5) is 11.6 Å². The number of hydrogen-bond acceptors (Lipinski definition) is 7. The molecule has 1 aliphatic heterocycles. The van der Waals surface area contributed by atoms with E-state index in [0.717, 1.165) is 50.3 Å². The molecule has 1 aromatic heterocycles. The molecule has 0 fully saturated rings. The van der Waals surface area contributed by atoms with Crippen molar-refractivity contribution >= 4 is 28.3 Å². The van der Waals surface area contributed by atoms with Crippen molar-refractivity contribution in [1.82, 2.24) is 9.97 Å². The van der Waals surface area contributed by atoms with Gasteiger partial charge in [-0.15, -0.1) is 0 Å². The van der Waals surface area contributed by atoms with Gasteiger partial charge in [0.05, 0.1) is 35.0 Å². The van der Waals surface area contributed by atoms with Crippen molar-refractivity contribution in [1.29, 1.82) is 0 Å². The van der Waals surface area contributed by atoms with E-state index in [4.69, 9.17) is 19.8 Å². The lowest BCUT2D eigenvalue weighted by molar-refractivity contribution is -0.384. The highest BCUT2D eigenvalue weighted by Crippen LogP contribution is 2.38. The number of nitrogens with zero attached hydrogens (tertiary/aromatic N) is 5. The summed E-state index contributed by atoms with van der Waals surface area (Å²) in [6.07, 6.45) is 0.531. The molecule has 5 aromatic rings. The number of hydrogen-bond donors (Lipinski definition) is 0. The van der Waals surface area contributed by atoms with E-state index in [9.17, 15) is 10.1 Å². The standard InChI is InChI=1S/C31H25N5O3/c1-20-10-12-22(13-11-20)30-26-8-3-4-9-27(26)32-31(33-30)35-29(23-6-5-7-24(18-23)36(37)38)19-28(34-35)21-14-16-25(39-2)17-15-21/h3-18,29H,19H2,1-2H3/t29-/m0/s1. The van der Waals surface area contributed by atoms with Gasteiger partial charge in [0.1, 0.15) is 5.75 Å². The fourth-order valence-electron chi connectivity index (χ4n) is 4.86. The highest BCUT2D eigenvalue weighted by atomic mass is 16.6. The zero-order valence-electron chi connectivity index (χ0n) is 21.5. The molecule has 8 heteroatoms. The smallest absolute Gasteiger partial charge is 0.269 e. The first kappa shape index (κ1) is 24.2. The molecule has 8 nitrogen and oxygen atoms in total. The molecule has 4 aromatic carbocycles. The fraction of sp³-hybridized carbons (Fsp3) is 0.129. The Balaban J connectivity index is 1.51. The third kappa shape index (κ3) is 4.68. The second kappa shape index (κ2) is 9.98. The Morgan fingerprint density at radius 3 is 2.38 bits per heavy atom. The first-order valence-corrected chi connectivity index (χ1v) is 12.6. The molecule has 0 saturated heterocycles. The Morgan fingerprint density at radius 2 is 1.64 bits per heavy atom. The number of aromatic nitrogens is 2. The van der Waals surface area contributed by atoms with Crippen LogP contribution in [-0.2, 0) is 0 Å². The minimum atomic E-state index is -0.379. The lowest BCUT2D eigenvalue weighted by atomic mass is 9.98. The van der Waals surface area contributed by atoms with Crippen molar-refractivity contribution in [3.8, 4) is 17.0 Å². The van der Waals surface area contributed by atoms with Crippen molar-refractivity contribution in [2.24, 2.45) is 5.10 Å². The van der Waals surface area contributed by atoms with E-state index in [1.807, 2.05) is 54.6 Å². The average Bonchev–Trinajstić information content (AvgIpc) is 3.43. The number of hydrazone groups is 1. The summed E-state index contributed by atoms with van der Waals surface area (Å²) in [5.41, 5.74) is 6.32. The monoisotopic (exact) mass is 515 g/mol. The van der Waals surface area contributed by atoms with Gasteiger partial charge in [-0.25, -0.2) is 15.0 Å². The minimum absolute atomic E-state index is 0.0325. The van der Waals surface area contributed by atoms with Gasteiger partial charge in [-0.05, 0) is 48.4 Å². The summed E-state index contributed by atoms with van der Waals surface area (Å²) in [4.78, 5) is 21.1. The Kier molecular flexibility index (Phi) is 6.20. The zero-order chi connectivity index (χ0) is 26.9. The topological polar surface area (TPSA) is 93.8 Å². The van der Waals surface area contributed by atoms with E-state index in [-0.39, 0.29) is 16.7 Å². The van der Waals surface area contributed by atoms with E-state index >= 15 is 0 Å². The van der Waals surface area contributed by atoms with Gasteiger partial charge in [-0.2, -0.15) is 5.10 Å². The lowest BCUT2D eigenvalue weighted by Gasteiger charge is -2.23. The molecular weight excluding hydrogens is 490 g/mol. The Bertz CT molecular complexity index is 1720. The maximum absolute atomic E-state index is 11.6. The van der Waals surface area contributed by atoms with Gasteiger partial charge in [-0.3, -0.25) is 10.1 Å². The van der Waals surface area contributed by atoms with Crippen molar-refractivity contribution in [3.63, 3.8) is 0 Å². The first-order valence-electron chi connectivity index (χ1n) is 12.6. The van der Waals surface area contributed by atoms with Gasteiger partial charge in [0.15, 0.2) is 0 Å². The Labute approximate surface area is 225 Å².